The van der Waals surface area contributed by atoms with Crippen molar-refractivity contribution >= 4 is 11.6 Å². The molecule has 0 aliphatic carbocycles. The van der Waals surface area contributed by atoms with Gasteiger partial charge in [-0.15, -0.1) is 0 Å². The van der Waals surface area contributed by atoms with Crippen LogP contribution < -0.4 is 4.74 Å². The van der Waals surface area contributed by atoms with Crippen LogP contribution in [0, 0.1) is 18.3 Å². The Morgan fingerprint density at radius 1 is 1.27 bits per heavy atom. The molecule has 1 atom stereocenters. The summed E-state index contributed by atoms with van der Waals surface area (Å²) in [6, 6.07) is 16.0. The van der Waals surface area contributed by atoms with E-state index in [9.17, 15) is 9.90 Å². The maximum absolute atomic E-state index is 12.7. The van der Waals surface area contributed by atoms with E-state index >= 15 is 0 Å². The lowest BCUT2D eigenvalue weighted by Gasteiger charge is -2.31. The van der Waals surface area contributed by atoms with E-state index in [1.807, 2.05) is 25.1 Å². The number of ether oxygens (including phenoxy) is 1. The fraction of sp³-hybridized carbons (Fsp3) is 0.250. The number of benzene rings is 2. The molecule has 1 aliphatic rings. The van der Waals surface area contributed by atoms with Gasteiger partial charge in [-0.25, -0.2) is 0 Å². The third-order valence-corrected chi connectivity index (χ3v) is 4.23. The quantitative estimate of drug-likeness (QED) is 0.919. The number of nitriles is 1. The van der Waals surface area contributed by atoms with E-state index in [0.29, 0.717) is 22.6 Å². The Balaban J connectivity index is 1.80. The van der Waals surface area contributed by atoms with Gasteiger partial charge in [0, 0.05) is 17.7 Å². The number of hydrogen-bond donors (Lipinski definition) is 1. The monoisotopic (exact) mass is 349 g/mol. The van der Waals surface area contributed by atoms with Crippen molar-refractivity contribution < 1.29 is 14.6 Å². The van der Waals surface area contributed by atoms with Crippen LogP contribution in [0.2, 0.25) is 0 Å². The van der Waals surface area contributed by atoms with Gasteiger partial charge in [-0.05, 0) is 26.0 Å². The summed E-state index contributed by atoms with van der Waals surface area (Å²) in [6.45, 7) is 3.38. The highest BCUT2D eigenvalue weighted by molar-refractivity contribution is 5.89. The third kappa shape index (κ3) is 3.30. The average molecular weight is 349 g/mol. The van der Waals surface area contributed by atoms with Gasteiger partial charge in [0.05, 0.1) is 5.56 Å². The molecule has 26 heavy (non-hydrogen) atoms. The molecule has 0 radical (unpaired) electrons. The number of nitrogens with zero attached hydrogens (tertiary/aromatic N) is 3. The number of aryl methyl sites for hydroxylation is 1. The molecule has 0 spiro atoms. The van der Waals surface area contributed by atoms with Gasteiger partial charge in [0.1, 0.15) is 11.8 Å². The molecule has 0 unspecified atom stereocenters. The Morgan fingerprint density at radius 2 is 1.96 bits per heavy atom. The summed E-state index contributed by atoms with van der Waals surface area (Å²) < 4.78 is 5.49. The Hall–Kier alpha value is -3.17. The summed E-state index contributed by atoms with van der Waals surface area (Å²) in [4.78, 5) is 12.7. The molecule has 1 aliphatic heterocycles. The summed E-state index contributed by atoms with van der Waals surface area (Å²) in [5, 5.41) is 25.5. The minimum Gasteiger partial charge on any atom is -0.482 e. The SMILES string of the molecule is CC1=NN(C(=O)COc2ccccc2C#N)[C@](O)(c2ccc(C)cc2)C1. The molecule has 1 amide bonds. The Labute approximate surface area is 151 Å². The summed E-state index contributed by atoms with van der Waals surface area (Å²) in [7, 11) is 0. The van der Waals surface area contributed by atoms with Crippen molar-refractivity contribution in [3.05, 3.63) is 65.2 Å². The Morgan fingerprint density at radius 3 is 2.65 bits per heavy atom. The standard InChI is InChI=1S/C20H19N3O3/c1-14-7-9-17(10-8-14)20(25)11-15(2)22-23(20)19(24)13-26-18-6-4-3-5-16(18)12-21/h3-10,25H,11,13H2,1-2H3/t20-/m1/s1. The van der Waals surface area contributed by atoms with Crippen molar-refractivity contribution in [1.29, 1.82) is 5.26 Å². The number of para-hydroxylation sites is 1. The van der Waals surface area contributed by atoms with Crippen LogP contribution >= 0.6 is 0 Å². The van der Waals surface area contributed by atoms with E-state index in [1.54, 1.807) is 43.3 Å². The lowest BCUT2D eigenvalue weighted by Crippen LogP contribution is -2.45. The molecule has 6 nitrogen and oxygen atoms in total. The maximum atomic E-state index is 12.7. The molecule has 1 N–H and O–H groups in total. The molecule has 2 aromatic carbocycles. The van der Waals surface area contributed by atoms with E-state index in [1.165, 1.54) is 0 Å². The average Bonchev–Trinajstić information content (AvgIpc) is 2.96. The van der Waals surface area contributed by atoms with E-state index < -0.39 is 11.6 Å². The molecular weight excluding hydrogens is 330 g/mol. The molecule has 3 rings (SSSR count). The van der Waals surface area contributed by atoms with Crippen LogP contribution in [0.5, 0.6) is 5.75 Å². The van der Waals surface area contributed by atoms with Gasteiger partial charge in [0.25, 0.3) is 5.91 Å². The lowest BCUT2D eigenvalue weighted by molar-refractivity contribution is -0.159. The number of carbonyl (C=O) groups is 1. The molecule has 2 aromatic rings. The van der Waals surface area contributed by atoms with Crippen LogP contribution in [-0.2, 0) is 10.5 Å². The first kappa shape index (κ1) is 17.6. The van der Waals surface area contributed by atoms with Crippen molar-refractivity contribution in [2.24, 2.45) is 5.10 Å². The van der Waals surface area contributed by atoms with Gasteiger partial charge in [0.15, 0.2) is 12.3 Å². The fourth-order valence-corrected chi connectivity index (χ4v) is 2.91. The highest BCUT2D eigenvalue weighted by Gasteiger charge is 2.44. The number of aliphatic hydroxyl groups is 1. The third-order valence-electron chi connectivity index (χ3n) is 4.23. The lowest BCUT2D eigenvalue weighted by atomic mass is 9.97. The molecule has 1 heterocycles. The second kappa shape index (κ2) is 6.98. The number of rotatable bonds is 4. The van der Waals surface area contributed by atoms with E-state index in [0.717, 1.165) is 10.6 Å². The predicted octanol–water partition coefficient (Wildman–Crippen LogP) is 2.70. The maximum Gasteiger partial charge on any atom is 0.283 e. The van der Waals surface area contributed by atoms with Gasteiger partial charge in [-0.2, -0.15) is 15.4 Å². The number of hydrazone groups is 1. The van der Waals surface area contributed by atoms with Crippen LogP contribution in [-0.4, -0.2) is 28.3 Å². The molecule has 0 saturated heterocycles. The topological polar surface area (TPSA) is 85.9 Å². The number of amides is 1. The first-order valence-electron chi connectivity index (χ1n) is 8.22. The van der Waals surface area contributed by atoms with Gasteiger partial charge in [-0.1, -0.05) is 42.0 Å². The van der Waals surface area contributed by atoms with Crippen molar-refractivity contribution in [2.75, 3.05) is 6.61 Å². The molecular formula is C20H19N3O3. The van der Waals surface area contributed by atoms with Gasteiger partial charge in [0.2, 0.25) is 0 Å². The molecule has 6 heteroatoms. The summed E-state index contributed by atoms with van der Waals surface area (Å²) in [6.07, 6.45) is 0.233. The molecule has 0 fully saturated rings. The first-order valence-corrected chi connectivity index (χ1v) is 8.22. The molecule has 0 bridgehead atoms. The van der Waals surface area contributed by atoms with Crippen molar-refractivity contribution in [1.82, 2.24) is 5.01 Å². The van der Waals surface area contributed by atoms with Crippen LogP contribution in [0.15, 0.2) is 53.6 Å². The zero-order valence-corrected chi connectivity index (χ0v) is 14.6. The van der Waals surface area contributed by atoms with E-state index in [4.69, 9.17) is 10.00 Å². The Bertz CT molecular complexity index is 899. The van der Waals surface area contributed by atoms with E-state index in [2.05, 4.69) is 5.10 Å². The fourth-order valence-electron chi connectivity index (χ4n) is 2.91. The smallest absolute Gasteiger partial charge is 0.283 e. The number of hydrogen-bond acceptors (Lipinski definition) is 5. The summed E-state index contributed by atoms with van der Waals surface area (Å²) in [5.41, 5.74) is 1.11. The van der Waals surface area contributed by atoms with Crippen LogP contribution in [0.25, 0.3) is 0 Å². The van der Waals surface area contributed by atoms with Crippen molar-refractivity contribution in [3.8, 4) is 11.8 Å². The Kier molecular flexibility index (Phi) is 4.74. The minimum absolute atomic E-state index is 0.233. The summed E-state index contributed by atoms with van der Waals surface area (Å²) in [5.74, 6) is -0.167. The van der Waals surface area contributed by atoms with Crippen LogP contribution in [0.1, 0.15) is 30.0 Å². The molecule has 132 valence electrons. The van der Waals surface area contributed by atoms with Gasteiger partial charge in [-0.3, -0.25) is 4.79 Å². The van der Waals surface area contributed by atoms with Crippen LogP contribution in [0.4, 0.5) is 0 Å². The molecule has 0 saturated carbocycles. The second-order valence-corrected chi connectivity index (χ2v) is 6.30. The van der Waals surface area contributed by atoms with Crippen molar-refractivity contribution in [3.63, 3.8) is 0 Å². The minimum atomic E-state index is -1.53. The largest absolute Gasteiger partial charge is 0.482 e. The zero-order chi connectivity index (χ0) is 18.7. The predicted molar refractivity (Wildman–Crippen MR) is 96.3 cm³/mol. The highest BCUT2D eigenvalue weighted by atomic mass is 16.5. The van der Waals surface area contributed by atoms with Gasteiger partial charge >= 0.3 is 0 Å². The number of carbonyl (C=O) groups excluding carboxylic acids is 1. The van der Waals surface area contributed by atoms with Gasteiger partial charge < -0.3 is 9.84 Å². The summed E-state index contributed by atoms with van der Waals surface area (Å²) >= 11 is 0. The van der Waals surface area contributed by atoms with Crippen LogP contribution in [0.3, 0.4) is 0 Å². The van der Waals surface area contributed by atoms with E-state index in [-0.39, 0.29) is 13.0 Å². The normalized spacial score (nSPS) is 19.0. The van der Waals surface area contributed by atoms with Crippen molar-refractivity contribution in [2.45, 2.75) is 26.0 Å². The zero-order valence-electron chi connectivity index (χ0n) is 14.6. The molecule has 0 aromatic heterocycles. The highest BCUT2D eigenvalue weighted by Crippen LogP contribution is 2.35. The second-order valence-electron chi connectivity index (χ2n) is 6.30. The first-order chi connectivity index (χ1) is 12.4.